The number of halogens is 1. The number of hydrogen-bond acceptors (Lipinski definition) is 3. The van der Waals surface area contributed by atoms with Crippen molar-refractivity contribution in [3.63, 3.8) is 0 Å². The molecule has 0 spiro atoms. The zero-order valence-electron chi connectivity index (χ0n) is 8.47. The minimum atomic E-state index is -0.207. The van der Waals surface area contributed by atoms with Gasteiger partial charge in [0.1, 0.15) is 6.04 Å². The summed E-state index contributed by atoms with van der Waals surface area (Å²) in [5.74, 6) is -0.176. The second-order valence-corrected chi connectivity index (χ2v) is 4.00. The molecule has 0 fully saturated rings. The Balaban J connectivity index is 3.57. The smallest absolute Gasteiger partial charge is 0.323 e. The molecule has 0 unspecified atom stereocenters. The predicted molar refractivity (Wildman–Crippen MR) is 57.1 cm³/mol. The first-order chi connectivity index (χ1) is 6.07. The van der Waals surface area contributed by atoms with Crippen molar-refractivity contribution in [2.45, 2.75) is 39.3 Å². The Morgan fingerprint density at radius 1 is 1.46 bits per heavy atom. The molecule has 0 amide bonds. The molecule has 0 aliphatic carbocycles. The number of alkyl halides is 1. The predicted octanol–water partition coefficient (Wildman–Crippen LogP) is 1.70. The largest absolute Gasteiger partial charge is 0.462 e. The summed E-state index contributed by atoms with van der Waals surface area (Å²) in [6.45, 7) is 6.35. The monoisotopic (exact) mass is 251 g/mol. The number of rotatable bonds is 6. The minimum Gasteiger partial charge on any atom is -0.462 e. The lowest BCUT2D eigenvalue weighted by atomic mass is 10.3. The quantitative estimate of drug-likeness (QED) is 0.444. The first-order valence-corrected chi connectivity index (χ1v) is 5.70. The van der Waals surface area contributed by atoms with E-state index in [0.29, 0.717) is 0 Å². The van der Waals surface area contributed by atoms with Crippen LogP contribution in [0.4, 0.5) is 0 Å². The zero-order chi connectivity index (χ0) is 10.3. The summed E-state index contributed by atoms with van der Waals surface area (Å²) < 4.78 is 5.03. The average molecular weight is 252 g/mol. The standard InChI is InChI=1S/C9H18BrNO2/c1-7(2)13-9(12)8(3)11-6-4-5-10/h7-8,11H,4-6H2,1-3H3/t8-/m0/s1. The van der Waals surface area contributed by atoms with Crippen LogP contribution in [0, 0.1) is 0 Å². The van der Waals surface area contributed by atoms with Gasteiger partial charge in [-0.05, 0) is 33.7 Å². The van der Waals surface area contributed by atoms with Crippen LogP contribution in [0.1, 0.15) is 27.2 Å². The molecular formula is C9H18BrNO2. The van der Waals surface area contributed by atoms with E-state index in [1.807, 2.05) is 20.8 Å². The second-order valence-electron chi connectivity index (χ2n) is 3.20. The highest BCUT2D eigenvalue weighted by Crippen LogP contribution is 1.94. The molecule has 0 aromatic rings. The van der Waals surface area contributed by atoms with Crippen molar-refractivity contribution in [1.82, 2.24) is 5.32 Å². The second kappa shape index (κ2) is 7.33. The van der Waals surface area contributed by atoms with E-state index < -0.39 is 0 Å². The molecule has 0 aliphatic heterocycles. The van der Waals surface area contributed by atoms with E-state index in [1.165, 1.54) is 0 Å². The Hall–Kier alpha value is -0.0900. The SMILES string of the molecule is CC(C)OC(=O)[C@H](C)NCCCBr. The topological polar surface area (TPSA) is 38.3 Å². The average Bonchev–Trinajstić information content (AvgIpc) is 2.03. The van der Waals surface area contributed by atoms with Gasteiger partial charge in [-0.3, -0.25) is 4.79 Å². The summed E-state index contributed by atoms with van der Waals surface area (Å²) in [6.07, 6.45) is 0.979. The van der Waals surface area contributed by atoms with Crippen LogP contribution < -0.4 is 5.32 Å². The van der Waals surface area contributed by atoms with Crippen LogP contribution in [0.5, 0.6) is 0 Å². The van der Waals surface area contributed by atoms with Crippen molar-refractivity contribution >= 4 is 21.9 Å². The molecule has 0 aromatic carbocycles. The minimum absolute atomic E-state index is 0.0343. The van der Waals surface area contributed by atoms with Crippen LogP contribution in [-0.2, 0) is 9.53 Å². The van der Waals surface area contributed by atoms with Crippen LogP contribution in [0.2, 0.25) is 0 Å². The Bertz CT molecular complexity index is 151. The molecule has 3 nitrogen and oxygen atoms in total. The Morgan fingerprint density at radius 3 is 2.54 bits per heavy atom. The number of nitrogens with one attached hydrogen (secondary N) is 1. The van der Waals surface area contributed by atoms with Gasteiger partial charge in [0.2, 0.25) is 0 Å². The highest BCUT2D eigenvalue weighted by atomic mass is 79.9. The Morgan fingerprint density at radius 2 is 2.08 bits per heavy atom. The molecule has 0 aliphatic rings. The van der Waals surface area contributed by atoms with Crippen LogP contribution in [0.15, 0.2) is 0 Å². The van der Waals surface area contributed by atoms with Crippen molar-refractivity contribution in [2.75, 3.05) is 11.9 Å². The van der Waals surface area contributed by atoms with E-state index in [2.05, 4.69) is 21.2 Å². The maximum Gasteiger partial charge on any atom is 0.323 e. The van der Waals surface area contributed by atoms with E-state index in [9.17, 15) is 4.79 Å². The summed E-state index contributed by atoms with van der Waals surface area (Å²) in [4.78, 5) is 11.3. The third-order valence-corrected chi connectivity index (χ3v) is 2.03. The van der Waals surface area contributed by atoms with Gasteiger partial charge in [-0.1, -0.05) is 15.9 Å². The van der Waals surface area contributed by atoms with Crippen LogP contribution in [-0.4, -0.2) is 30.0 Å². The molecule has 1 N–H and O–H groups in total. The number of ether oxygens (including phenoxy) is 1. The maximum absolute atomic E-state index is 11.3. The highest BCUT2D eigenvalue weighted by Gasteiger charge is 2.13. The van der Waals surface area contributed by atoms with E-state index >= 15 is 0 Å². The fourth-order valence-electron chi connectivity index (χ4n) is 0.803. The zero-order valence-corrected chi connectivity index (χ0v) is 10.1. The van der Waals surface area contributed by atoms with Gasteiger partial charge < -0.3 is 10.1 Å². The summed E-state index contributed by atoms with van der Waals surface area (Å²) in [5.41, 5.74) is 0. The van der Waals surface area contributed by atoms with E-state index in [0.717, 1.165) is 18.3 Å². The molecule has 0 saturated carbocycles. The lowest BCUT2D eigenvalue weighted by Crippen LogP contribution is -2.37. The molecule has 0 aromatic heterocycles. The van der Waals surface area contributed by atoms with Gasteiger partial charge in [-0.15, -0.1) is 0 Å². The van der Waals surface area contributed by atoms with Gasteiger partial charge >= 0.3 is 5.97 Å². The molecule has 0 bridgehead atoms. The normalized spacial score (nSPS) is 13.0. The van der Waals surface area contributed by atoms with Crippen molar-refractivity contribution in [2.24, 2.45) is 0 Å². The molecule has 0 rings (SSSR count). The Kier molecular flexibility index (Phi) is 7.28. The van der Waals surface area contributed by atoms with Gasteiger partial charge in [0, 0.05) is 5.33 Å². The van der Waals surface area contributed by atoms with Gasteiger partial charge in [-0.2, -0.15) is 0 Å². The number of hydrogen-bond donors (Lipinski definition) is 1. The lowest BCUT2D eigenvalue weighted by molar-refractivity contribution is -0.149. The van der Waals surface area contributed by atoms with Gasteiger partial charge in [0.25, 0.3) is 0 Å². The first-order valence-electron chi connectivity index (χ1n) is 4.57. The van der Waals surface area contributed by atoms with Crippen molar-refractivity contribution < 1.29 is 9.53 Å². The summed E-state index contributed by atoms with van der Waals surface area (Å²) in [6, 6.07) is -0.207. The molecule has 0 heterocycles. The molecule has 13 heavy (non-hydrogen) atoms. The highest BCUT2D eigenvalue weighted by molar-refractivity contribution is 9.09. The van der Waals surface area contributed by atoms with Crippen molar-refractivity contribution in [1.29, 1.82) is 0 Å². The van der Waals surface area contributed by atoms with E-state index in [1.54, 1.807) is 0 Å². The molecule has 1 atom stereocenters. The van der Waals surface area contributed by atoms with Crippen molar-refractivity contribution in [3.05, 3.63) is 0 Å². The molecule has 78 valence electrons. The van der Waals surface area contributed by atoms with Gasteiger partial charge in [-0.25, -0.2) is 0 Å². The number of carbonyl (C=O) groups is 1. The summed E-state index contributed by atoms with van der Waals surface area (Å²) in [5, 5.41) is 4.03. The third-order valence-electron chi connectivity index (χ3n) is 1.47. The fourth-order valence-corrected chi connectivity index (χ4v) is 1.08. The first kappa shape index (κ1) is 12.9. The Labute approximate surface area is 88.4 Å². The van der Waals surface area contributed by atoms with Gasteiger partial charge in [0.05, 0.1) is 6.10 Å². The third kappa shape index (κ3) is 7.02. The maximum atomic E-state index is 11.3. The van der Waals surface area contributed by atoms with Gasteiger partial charge in [0.15, 0.2) is 0 Å². The molecular weight excluding hydrogens is 234 g/mol. The lowest BCUT2D eigenvalue weighted by Gasteiger charge is -2.14. The molecule has 0 saturated heterocycles. The van der Waals surface area contributed by atoms with Crippen LogP contribution in [0.3, 0.4) is 0 Å². The summed E-state index contributed by atoms with van der Waals surface area (Å²) in [7, 11) is 0. The van der Waals surface area contributed by atoms with Crippen LogP contribution in [0.25, 0.3) is 0 Å². The van der Waals surface area contributed by atoms with E-state index in [-0.39, 0.29) is 18.1 Å². The van der Waals surface area contributed by atoms with E-state index in [4.69, 9.17) is 4.74 Å². The number of carbonyl (C=O) groups excluding carboxylic acids is 1. The fraction of sp³-hybridized carbons (Fsp3) is 0.889. The molecule has 0 radical (unpaired) electrons. The summed E-state index contributed by atoms with van der Waals surface area (Å²) >= 11 is 3.32. The number of esters is 1. The van der Waals surface area contributed by atoms with Crippen LogP contribution >= 0.6 is 15.9 Å². The molecule has 4 heteroatoms. The van der Waals surface area contributed by atoms with Crippen molar-refractivity contribution in [3.8, 4) is 0 Å².